The Morgan fingerprint density at radius 1 is 1.24 bits per heavy atom. The standard InChI is InChI=1S/C15H13N3O3/c19-14-12(10-4-2-1-3-5-10)9-17-18(14)13-7-6-11(8-16-13)15(20)21/h1-5,8-9,17H,6-7H2,(H,20,21). The number of H-pyrrole nitrogens is 1. The maximum atomic E-state index is 12.4. The summed E-state index contributed by atoms with van der Waals surface area (Å²) in [5.74, 6) is -0.450. The van der Waals surface area contributed by atoms with Gasteiger partial charge in [0, 0.05) is 18.8 Å². The fraction of sp³-hybridized carbons (Fsp3) is 0.133. The lowest BCUT2D eigenvalue weighted by Gasteiger charge is -2.10. The Morgan fingerprint density at radius 2 is 2.00 bits per heavy atom. The number of aliphatic carboxylic acids is 1. The van der Waals surface area contributed by atoms with Crippen LogP contribution in [0.4, 0.5) is 0 Å². The van der Waals surface area contributed by atoms with E-state index in [0.717, 1.165) is 5.56 Å². The molecule has 0 bridgehead atoms. The van der Waals surface area contributed by atoms with Crippen molar-refractivity contribution in [1.29, 1.82) is 0 Å². The zero-order valence-electron chi connectivity index (χ0n) is 11.1. The van der Waals surface area contributed by atoms with Gasteiger partial charge in [-0.2, -0.15) is 0 Å². The van der Waals surface area contributed by atoms with Gasteiger partial charge < -0.3 is 5.11 Å². The van der Waals surface area contributed by atoms with E-state index in [9.17, 15) is 9.59 Å². The van der Waals surface area contributed by atoms with Crippen molar-refractivity contribution in [2.24, 2.45) is 4.99 Å². The minimum atomic E-state index is -0.971. The Kier molecular flexibility index (Phi) is 3.27. The Morgan fingerprint density at radius 3 is 2.62 bits per heavy atom. The van der Waals surface area contributed by atoms with Crippen LogP contribution in [0, 0.1) is 0 Å². The number of nitrogens with zero attached hydrogens (tertiary/aromatic N) is 2. The van der Waals surface area contributed by atoms with Gasteiger partial charge in [0.05, 0.1) is 11.1 Å². The summed E-state index contributed by atoms with van der Waals surface area (Å²) in [6.07, 6.45) is 3.71. The molecule has 0 radical (unpaired) electrons. The highest BCUT2D eigenvalue weighted by atomic mass is 16.4. The molecule has 21 heavy (non-hydrogen) atoms. The summed E-state index contributed by atoms with van der Waals surface area (Å²) < 4.78 is 1.36. The van der Waals surface area contributed by atoms with Gasteiger partial charge in [-0.1, -0.05) is 30.3 Å². The number of nitrogens with one attached hydrogen (secondary N) is 1. The van der Waals surface area contributed by atoms with Gasteiger partial charge in [-0.3, -0.25) is 9.89 Å². The van der Waals surface area contributed by atoms with Crippen molar-refractivity contribution in [3.05, 3.63) is 58.7 Å². The molecular weight excluding hydrogens is 270 g/mol. The number of aliphatic imine (C=N–C) groups is 1. The summed E-state index contributed by atoms with van der Waals surface area (Å²) in [4.78, 5) is 27.3. The molecule has 0 unspecified atom stereocenters. The molecule has 2 N–H and O–H groups in total. The van der Waals surface area contributed by atoms with Crippen molar-refractivity contribution in [3.8, 4) is 11.1 Å². The fourth-order valence-electron chi connectivity index (χ4n) is 2.25. The van der Waals surface area contributed by atoms with Gasteiger partial charge in [0.25, 0.3) is 5.56 Å². The summed E-state index contributed by atoms with van der Waals surface area (Å²) in [5, 5.41) is 11.8. The highest BCUT2D eigenvalue weighted by molar-refractivity contribution is 5.92. The van der Waals surface area contributed by atoms with E-state index < -0.39 is 5.97 Å². The van der Waals surface area contributed by atoms with Crippen molar-refractivity contribution >= 4 is 11.8 Å². The second-order valence-corrected chi connectivity index (χ2v) is 4.70. The molecule has 106 valence electrons. The predicted molar refractivity (Wildman–Crippen MR) is 78.3 cm³/mol. The SMILES string of the molecule is O=C(O)C1=CN=C(n2[nH]cc(-c3ccccc3)c2=O)CC1. The Hall–Kier alpha value is -2.89. The molecule has 6 nitrogen and oxygen atoms in total. The molecule has 0 amide bonds. The van der Waals surface area contributed by atoms with Crippen LogP contribution in [0.5, 0.6) is 0 Å². The van der Waals surface area contributed by atoms with Crippen molar-refractivity contribution in [1.82, 2.24) is 9.78 Å². The van der Waals surface area contributed by atoms with E-state index in [4.69, 9.17) is 5.11 Å². The van der Waals surface area contributed by atoms with E-state index in [2.05, 4.69) is 10.1 Å². The molecule has 0 aliphatic carbocycles. The quantitative estimate of drug-likeness (QED) is 0.881. The highest BCUT2D eigenvalue weighted by Crippen LogP contribution is 2.16. The van der Waals surface area contributed by atoms with Gasteiger partial charge in [0.2, 0.25) is 0 Å². The van der Waals surface area contributed by atoms with E-state index in [0.29, 0.717) is 24.2 Å². The lowest BCUT2D eigenvalue weighted by atomic mass is 10.1. The third-order valence-electron chi connectivity index (χ3n) is 3.38. The van der Waals surface area contributed by atoms with Gasteiger partial charge in [-0.15, -0.1) is 0 Å². The minimum Gasteiger partial charge on any atom is -0.478 e. The summed E-state index contributed by atoms with van der Waals surface area (Å²) >= 11 is 0. The molecule has 1 aliphatic heterocycles. The largest absolute Gasteiger partial charge is 0.478 e. The van der Waals surface area contributed by atoms with Crippen LogP contribution in [0.1, 0.15) is 12.8 Å². The van der Waals surface area contributed by atoms with Crippen LogP contribution in [0.3, 0.4) is 0 Å². The Bertz CT molecular complexity index is 797. The van der Waals surface area contributed by atoms with E-state index in [1.807, 2.05) is 30.3 Å². The van der Waals surface area contributed by atoms with Crippen molar-refractivity contribution in [3.63, 3.8) is 0 Å². The van der Waals surface area contributed by atoms with E-state index in [-0.39, 0.29) is 11.1 Å². The molecule has 0 saturated heterocycles. The number of hydrogen-bond donors (Lipinski definition) is 2. The molecule has 6 heteroatoms. The molecule has 2 heterocycles. The van der Waals surface area contributed by atoms with Gasteiger partial charge >= 0.3 is 5.97 Å². The van der Waals surface area contributed by atoms with Gasteiger partial charge in [0.15, 0.2) is 0 Å². The van der Waals surface area contributed by atoms with Crippen molar-refractivity contribution in [2.75, 3.05) is 0 Å². The van der Waals surface area contributed by atoms with Gasteiger partial charge in [0.1, 0.15) is 5.84 Å². The normalized spacial score (nSPS) is 14.5. The van der Waals surface area contributed by atoms with Crippen molar-refractivity contribution < 1.29 is 9.90 Å². The van der Waals surface area contributed by atoms with E-state index in [1.165, 1.54) is 10.9 Å². The first-order chi connectivity index (χ1) is 10.2. The second kappa shape index (κ2) is 5.24. The summed E-state index contributed by atoms with van der Waals surface area (Å²) in [6, 6.07) is 9.34. The average Bonchev–Trinajstić information content (AvgIpc) is 2.90. The number of carboxylic acid groups (broad SMARTS) is 1. The summed E-state index contributed by atoms with van der Waals surface area (Å²) in [6.45, 7) is 0. The molecule has 2 aromatic rings. The van der Waals surface area contributed by atoms with Crippen LogP contribution in [0.2, 0.25) is 0 Å². The molecule has 1 aliphatic rings. The molecular formula is C15H13N3O3. The number of aromatic nitrogens is 2. The van der Waals surface area contributed by atoms with Crippen LogP contribution >= 0.6 is 0 Å². The van der Waals surface area contributed by atoms with Crippen LogP contribution in [-0.4, -0.2) is 26.7 Å². The zero-order chi connectivity index (χ0) is 14.8. The van der Waals surface area contributed by atoms with Crippen LogP contribution < -0.4 is 5.56 Å². The predicted octanol–water partition coefficient (Wildman–Crippen LogP) is 1.85. The maximum absolute atomic E-state index is 12.4. The topological polar surface area (TPSA) is 87.4 Å². The zero-order valence-corrected chi connectivity index (χ0v) is 11.1. The summed E-state index contributed by atoms with van der Waals surface area (Å²) in [7, 11) is 0. The van der Waals surface area contributed by atoms with E-state index >= 15 is 0 Å². The van der Waals surface area contributed by atoms with Gasteiger partial charge in [-0.05, 0) is 12.0 Å². The third kappa shape index (κ3) is 2.43. The molecule has 1 aromatic heterocycles. The smallest absolute Gasteiger partial charge is 0.333 e. The third-order valence-corrected chi connectivity index (χ3v) is 3.38. The molecule has 0 spiro atoms. The number of hydrogen-bond acceptors (Lipinski definition) is 3. The fourth-order valence-corrected chi connectivity index (χ4v) is 2.25. The molecule has 3 rings (SSSR count). The summed E-state index contributed by atoms with van der Waals surface area (Å²) in [5.41, 5.74) is 1.45. The Labute approximate surface area is 120 Å². The number of carboxylic acids is 1. The molecule has 1 aromatic carbocycles. The van der Waals surface area contributed by atoms with E-state index in [1.54, 1.807) is 6.20 Å². The number of benzene rings is 1. The van der Waals surface area contributed by atoms with Crippen LogP contribution in [0.25, 0.3) is 11.1 Å². The molecule has 0 atom stereocenters. The first kappa shape index (κ1) is 13.1. The number of rotatable bonds is 2. The first-order valence-electron chi connectivity index (χ1n) is 6.52. The minimum absolute atomic E-state index is 0.188. The lowest BCUT2D eigenvalue weighted by molar-refractivity contribution is -0.132. The lowest BCUT2D eigenvalue weighted by Crippen LogP contribution is -2.27. The molecule has 0 saturated carbocycles. The monoisotopic (exact) mass is 283 g/mol. The second-order valence-electron chi connectivity index (χ2n) is 4.70. The van der Waals surface area contributed by atoms with Gasteiger partial charge in [-0.25, -0.2) is 14.5 Å². The number of aromatic amines is 1. The van der Waals surface area contributed by atoms with Crippen LogP contribution in [0.15, 0.2) is 58.1 Å². The maximum Gasteiger partial charge on any atom is 0.333 e. The van der Waals surface area contributed by atoms with Crippen molar-refractivity contribution in [2.45, 2.75) is 12.8 Å². The Balaban J connectivity index is 1.98. The van der Waals surface area contributed by atoms with Crippen LogP contribution in [-0.2, 0) is 4.79 Å². The molecule has 0 fully saturated rings. The highest BCUT2D eigenvalue weighted by Gasteiger charge is 2.17. The number of carbonyl (C=O) groups is 1. The average molecular weight is 283 g/mol. The first-order valence-corrected chi connectivity index (χ1v) is 6.52.